The molecule has 5 heteroatoms. The van der Waals surface area contributed by atoms with Gasteiger partial charge in [-0.15, -0.1) is 0 Å². The van der Waals surface area contributed by atoms with Gasteiger partial charge in [0.2, 0.25) is 0 Å². The molecule has 0 saturated carbocycles. The van der Waals surface area contributed by atoms with E-state index in [1.54, 1.807) is 31.4 Å². The van der Waals surface area contributed by atoms with Gasteiger partial charge in [-0.1, -0.05) is 12.1 Å². The van der Waals surface area contributed by atoms with Crippen LogP contribution in [0.3, 0.4) is 0 Å². The highest BCUT2D eigenvalue weighted by Crippen LogP contribution is 2.27. The molecule has 1 aromatic heterocycles. The van der Waals surface area contributed by atoms with Crippen molar-refractivity contribution in [3.8, 4) is 5.75 Å². The Kier molecular flexibility index (Phi) is 3.34. The summed E-state index contributed by atoms with van der Waals surface area (Å²) in [6.45, 7) is 0. The molecule has 0 fully saturated rings. The van der Waals surface area contributed by atoms with Crippen molar-refractivity contribution in [1.29, 1.82) is 0 Å². The number of furan rings is 1. The zero-order chi connectivity index (χ0) is 13.1. The molecule has 2 aromatic rings. The normalized spacial score (nSPS) is 12.1. The van der Waals surface area contributed by atoms with Crippen LogP contribution in [0.2, 0.25) is 0 Å². The Morgan fingerprint density at radius 3 is 2.50 bits per heavy atom. The molecule has 1 heterocycles. The molecule has 18 heavy (non-hydrogen) atoms. The summed E-state index contributed by atoms with van der Waals surface area (Å²) in [5.74, 6) is -0.456. The second-order valence-corrected chi connectivity index (χ2v) is 3.68. The average molecular weight is 248 g/mol. The number of aliphatic hydroxyl groups excluding tert-OH is 1. The van der Waals surface area contributed by atoms with Crippen LogP contribution in [0.25, 0.3) is 0 Å². The number of hydrogen-bond acceptors (Lipinski definition) is 4. The number of carboxylic acid groups (broad SMARTS) is 1. The van der Waals surface area contributed by atoms with E-state index in [4.69, 9.17) is 14.3 Å². The summed E-state index contributed by atoms with van der Waals surface area (Å²) in [5.41, 5.74) is 0.492. The molecule has 0 spiro atoms. The minimum Gasteiger partial charge on any atom is -0.497 e. The topological polar surface area (TPSA) is 79.9 Å². The maximum atomic E-state index is 10.9. The Morgan fingerprint density at radius 2 is 1.94 bits per heavy atom. The third-order valence-corrected chi connectivity index (χ3v) is 2.61. The van der Waals surface area contributed by atoms with Crippen molar-refractivity contribution in [3.05, 3.63) is 53.5 Å². The Hall–Kier alpha value is -2.27. The number of benzene rings is 1. The fourth-order valence-electron chi connectivity index (χ4n) is 1.65. The predicted molar refractivity (Wildman–Crippen MR) is 62.7 cm³/mol. The zero-order valence-electron chi connectivity index (χ0n) is 9.66. The smallest absolute Gasteiger partial charge is 0.339 e. The Labute approximate surface area is 103 Å². The Morgan fingerprint density at radius 1 is 1.28 bits per heavy atom. The third kappa shape index (κ3) is 2.21. The van der Waals surface area contributed by atoms with Crippen molar-refractivity contribution in [2.45, 2.75) is 6.10 Å². The van der Waals surface area contributed by atoms with Gasteiger partial charge in [-0.3, -0.25) is 0 Å². The van der Waals surface area contributed by atoms with Gasteiger partial charge in [0.05, 0.1) is 13.4 Å². The quantitative estimate of drug-likeness (QED) is 0.865. The van der Waals surface area contributed by atoms with E-state index < -0.39 is 12.1 Å². The highest BCUT2D eigenvalue weighted by molar-refractivity contribution is 5.88. The van der Waals surface area contributed by atoms with Crippen LogP contribution < -0.4 is 4.74 Å². The predicted octanol–water partition coefficient (Wildman–Crippen LogP) is 2.07. The second kappa shape index (κ2) is 4.93. The lowest BCUT2D eigenvalue weighted by molar-refractivity contribution is 0.0687. The summed E-state index contributed by atoms with van der Waals surface area (Å²) < 4.78 is 10.0. The van der Waals surface area contributed by atoms with Crippen LogP contribution in [0, 0.1) is 0 Å². The monoisotopic (exact) mass is 248 g/mol. The van der Waals surface area contributed by atoms with Gasteiger partial charge < -0.3 is 19.4 Å². The fraction of sp³-hybridized carbons (Fsp3) is 0.154. The minimum atomic E-state index is -1.13. The van der Waals surface area contributed by atoms with Crippen LogP contribution >= 0.6 is 0 Å². The van der Waals surface area contributed by atoms with Crippen molar-refractivity contribution in [2.24, 2.45) is 0 Å². The molecule has 1 atom stereocenters. The summed E-state index contributed by atoms with van der Waals surface area (Å²) >= 11 is 0. The van der Waals surface area contributed by atoms with E-state index in [-0.39, 0.29) is 11.3 Å². The minimum absolute atomic E-state index is 0.0210. The number of ether oxygens (including phenoxy) is 1. The summed E-state index contributed by atoms with van der Waals surface area (Å²) in [5, 5.41) is 19.0. The van der Waals surface area contributed by atoms with Crippen LogP contribution in [0.5, 0.6) is 5.75 Å². The van der Waals surface area contributed by atoms with Crippen LogP contribution in [0.15, 0.2) is 41.0 Å². The van der Waals surface area contributed by atoms with Crippen LogP contribution in [-0.2, 0) is 0 Å². The molecule has 2 rings (SSSR count). The van der Waals surface area contributed by atoms with Gasteiger partial charge in [0.1, 0.15) is 17.4 Å². The molecule has 5 nitrogen and oxygen atoms in total. The fourth-order valence-corrected chi connectivity index (χ4v) is 1.65. The first kappa shape index (κ1) is 12.2. The molecule has 1 unspecified atom stereocenters. The van der Waals surface area contributed by atoms with E-state index in [9.17, 15) is 9.90 Å². The van der Waals surface area contributed by atoms with Crippen LogP contribution in [0.1, 0.15) is 27.8 Å². The zero-order valence-corrected chi connectivity index (χ0v) is 9.66. The largest absolute Gasteiger partial charge is 0.497 e. The first-order valence-corrected chi connectivity index (χ1v) is 5.26. The molecule has 0 saturated heterocycles. The summed E-state index contributed by atoms with van der Waals surface area (Å²) in [4.78, 5) is 10.9. The van der Waals surface area contributed by atoms with Crippen LogP contribution in [0.4, 0.5) is 0 Å². The van der Waals surface area contributed by atoms with E-state index in [0.717, 1.165) is 0 Å². The molecule has 0 bridgehead atoms. The van der Waals surface area contributed by atoms with Gasteiger partial charge in [0, 0.05) is 0 Å². The van der Waals surface area contributed by atoms with Gasteiger partial charge in [-0.25, -0.2) is 4.79 Å². The summed E-state index contributed by atoms with van der Waals surface area (Å²) in [6, 6.07) is 7.98. The molecule has 1 aromatic carbocycles. The molecule has 2 N–H and O–H groups in total. The molecule has 0 radical (unpaired) electrons. The van der Waals surface area contributed by atoms with Crippen molar-refractivity contribution in [2.75, 3.05) is 7.11 Å². The molecule has 0 aliphatic carbocycles. The van der Waals surface area contributed by atoms with Crippen LogP contribution in [-0.4, -0.2) is 23.3 Å². The summed E-state index contributed by atoms with van der Waals surface area (Å²) in [6.07, 6.45) is 0.128. The van der Waals surface area contributed by atoms with Crippen molar-refractivity contribution in [3.63, 3.8) is 0 Å². The van der Waals surface area contributed by atoms with Crippen molar-refractivity contribution in [1.82, 2.24) is 0 Å². The number of methoxy groups -OCH3 is 1. The lowest BCUT2D eigenvalue weighted by Crippen LogP contribution is -2.05. The van der Waals surface area contributed by atoms with E-state index in [2.05, 4.69) is 0 Å². The van der Waals surface area contributed by atoms with Gasteiger partial charge >= 0.3 is 5.97 Å². The van der Waals surface area contributed by atoms with E-state index in [1.165, 1.54) is 12.3 Å². The lowest BCUT2D eigenvalue weighted by Gasteiger charge is -2.10. The van der Waals surface area contributed by atoms with Gasteiger partial charge in [-0.2, -0.15) is 0 Å². The molecule has 0 aliphatic rings. The molecular formula is C13H12O5. The van der Waals surface area contributed by atoms with E-state index >= 15 is 0 Å². The molecule has 94 valence electrons. The number of hydrogen-bond donors (Lipinski definition) is 2. The highest BCUT2D eigenvalue weighted by Gasteiger charge is 2.22. The Balaban J connectivity index is 2.32. The second-order valence-electron chi connectivity index (χ2n) is 3.68. The standard InChI is InChI=1S/C13H12O5/c1-17-9-4-2-8(3-5-9)11(14)12-10(13(15)16)6-7-18-12/h2-7,11,14H,1H3,(H,15,16). The number of carboxylic acids is 1. The summed E-state index contributed by atoms with van der Waals surface area (Å²) in [7, 11) is 1.54. The Bertz CT molecular complexity index is 541. The lowest BCUT2D eigenvalue weighted by atomic mass is 10.0. The number of aromatic carboxylic acids is 1. The molecule has 0 aliphatic heterocycles. The molecule has 0 amide bonds. The number of rotatable bonds is 4. The first-order valence-electron chi connectivity index (χ1n) is 5.26. The van der Waals surface area contributed by atoms with Crippen molar-refractivity contribution < 1.29 is 24.2 Å². The first-order chi connectivity index (χ1) is 8.63. The van der Waals surface area contributed by atoms with Gasteiger partial charge in [0.25, 0.3) is 0 Å². The number of carbonyl (C=O) groups is 1. The third-order valence-electron chi connectivity index (χ3n) is 2.61. The number of aliphatic hydroxyl groups is 1. The molecular weight excluding hydrogens is 236 g/mol. The van der Waals surface area contributed by atoms with Crippen molar-refractivity contribution >= 4 is 5.97 Å². The van der Waals surface area contributed by atoms with Gasteiger partial charge in [0.15, 0.2) is 5.76 Å². The average Bonchev–Trinajstić information content (AvgIpc) is 2.87. The highest BCUT2D eigenvalue weighted by atomic mass is 16.5. The maximum absolute atomic E-state index is 10.9. The van der Waals surface area contributed by atoms with E-state index in [1.807, 2.05) is 0 Å². The van der Waals surface area contributed by atoms with Gasteiger partial charge in [-0.05, 0) is 23.8 Å². The van der Waals surface area contributed by atoms with E-state index in [0.29, 0.717) is 11.3 Å². The maximum Gasteiger partial charge on any atom is 0.339 e. The SMILES string of the molecule is COc1ccc(C(O)c2occc2C(=O)O)cc1.